The topological polar surface area (TPSA) is 76.0 Å². The van der Waals surface area contributed by atoms with Crippen molar-refractivity contribution in [3.8, 4) is 0 Å². The summed E-state index contributed by atoms with van der Waals surface area (Å²) in [6.45, 7) is 7.62. The number of para-hydroxylation sites is 1. The lowest BCUT2D eigenvalue weighted by Crippen LogP contribution is -2.32. The number of sulfonamides is 1. The highest BCUT2D eigenvalue weighted by Crippen LogP contribution is 2.30. The third-order valence-corrected chi connectivity index (χ3v) is 7.10. The Morgan fingerprint density at radius 3 is 2.21 bits per heavy atom. The predicted molar refractivity (Wildman–Crippen MR) is 134 cm³/mol. The van der Waals surface area contributed by atoms with E-state index in [9.17, 15) is 13.2 Å². The minimum absolute atomic E-state index is 0.0283. The number of aryl methyl sites for hydroxylation is 2. The number of nitrogens with zero attached hydrogens (tertiary/aromatic N) is 2. The zero-order valence-corrected chi connectivity index (χ0v) is 19.7. The number of hydrogen-bond donors (Lipinski definition) is 0. The minimum atomic E-state index is -3.91. The van der Waals surface area contributed by atoms with E-state index in [1.807, 2.05) is 38.1 Å². The lowest BCUT2D eigenvalue weighted by atomic mass is 10.1. The van der Waals surface area contributed by atoms with Gasteiger partial charge in [-0.1, -0.05) is 65.7 Å². The maximum atomic E-state index is 13.5. The number of carbonyl (C=O) groups excluding carboxylic acids is 1. The maximum absolute atomic E-state index is 13.5. The molecule has 34 heavy (non-hydrogen) atoms. The van der Waals surface area contributed by atoms with Crippen LogP contribution in [0.2, 0.25) is 0 Å². The zero-order chi connectivity index (χ0) is 24.3. The third-order valence-electron chi connectivity index (χ3n) is 5.31. The average molecular weight is 473 g/mol. The molecule has 1 heterocycles. The molecule has 0 unspecified atom stereocenters. The summed E-state index contributed by atoms with van der Waals surface area (Å²) in [5, 5.41) is 0. The number of carbonyl (C=O) groups is 1. The number of ether oxygens (including phenoxy) is 1. The second-order valence-corrected chi connectivity index (χ2v) is 9.76. The van der Waals surface area contributed by atoms with Crippen molar-refractivity contribution in [2.45, 2.75) is 18.7 Å². The summed E-state index contributed by atoms with van der Waals surface area (Å²) in [5.74, 6) is -0.547. The minimum Gasteiger partial charge on any atom is -0.402 e. The molecule has 1 aliphatic heterocycles. The molecule has 0 aliphatic carbocycles. The molecule has 0 N–H and O–H groups in total. The molecule has 0 atom stereocenters. The van der Waals surface area contributed by atoms with Crippen LogP contribution in [-0.2, 0) is 19.6 Å². The molecule has 6 nitrogen and oxygen atoms in total. The number of aliphatic imine (C=N–C) groups is 1. The smallest absolute Gasteiger partial charge is 0.363 e. The van der Waals surface area contributed by atoms with Crippen molar-refractivity contribution in [1.29, 1.82) is 0 Å². The van der Waals surface area contributed by atoms with E-state index in [0.29, 0.717) is 11.3 Å². The van der Waals surface area contributed by atoms with Crippen LogP contribution in [0.4, 0.5) is 5.69 Å². The Balaban J connectivity index is 1.77. The fraction of sp³-hybridized carbons (Fsp3) is 0.111. The summed E-state index contributed by atoms with van der Waals surface area (Å²) < 4.78 is 33.7. The van der Waals surface area contributed by atoms with Crippen LogP contribution in [-0.4, -0.2) is 26.8 Å². The SMILES string of the molecule is C=CCN(c1ccccc1C1=N/C(=C\c2ccc(C)cc2)C(=O)O1)S(=O)(=O)c1ccc(C)cc1. The van der Waals surface area contributed by atoms with Gasteiger partial charge < -0.3 is 4.74 Å². The number of esters is 1. The highest BCUT2D eigenvalue weighted by atomic mass is 32.2. The standard InChI is InChI=1S/C27H24N2O4S/c1-4-17-29(34(31,32)22-15-11-20(3)12-16-22)25-8-6-5-7-23(25)26-28-24(27(30)33-26)18-21-13-9-19(2)10-14-21/h4-16,18H,1,17H2,2-3H3/b24-18-. The van der Waals surface area contributed by atoms with Crippen LogP contribution in [0.3, 0.4) is 0 Å². The van der Waals surface area contributed by atoms with E-state index in [4.69, 9.17) is 4.74 Å². The zero-order valence-electron chi connectivity index (χ0n) is 18.9. The molecule has 1 aliphatic rings. The first-order valence-corrected chi connectivity index (χ1v) is 12.1. The molecule has 0 fully saturated rings. The Bertz CT molecular complexity index is 1400. The highest BCUT2D eigenvalue weighted by Gasteiger charge is 2.31. The highest BCUT2D eigenvalue weighted by molar-refractivity contribution is 7.92. The van der Waals surface area contributed by atoms with Crippen LogP contribution in [0, 0.1) is 13.8 Å². The summed E-state index contributed by atoms with van der Waals surface area (Å²) in [6.07, 6.45) is 3.15. The molecule has 3 aromatic carbocycles. The first-order chi connectivity index (χ1) is 16.3. The van der Waals surface area contributed by atoms with Gasteiger partial charge in [0.15, 0.2) is 5.70 Å². The van der Waals surface area contributed by atoms with Crippen LogP contribution < -0.4 is 4.31 Å². The first kappa shape index (κ1) is 23.2. The van der Waals surface area contributed by atoms with Gasteiger partial charge in [-0.05, 0) is 49.8 Å². The van der Waals surface area contributed by atoms with Crippen LogP contribution in [0.5, 0.6) is 0 Å². The number of anilines is 1. The van der Waals surface area contributed by atoms with Gasteiger partial charge in [0.2, 0.25) is 5.90 Å². The van der Waals surface area contributed by atoms with E-state index in [0.717, 1.165) is 16.7 Å². The average Bonchev–Trinajstić information content (AvgIpc) is 3.19. The largest absolute Gasteiger partial charge is 0.402 e. The van der Waals surface area contributed by atoms with Gasteiger partial charge >= 0.3 is 5.97 Å². The Hall–Kier alpha value is -3.97. The van der Waals surface area contributed by atoms with E-state index < -0.39 is 16.0 Å². The van der Waals surface area contributed by atoms with Gasteiger partial charge in [0, 0.05) is 0 Å². The second kappa shape index (κ2) is 9.49. The number of hydrogen-bond acceptors (Lipinski definition) is 5. The summed E-state index contributed by atoms with van der Waals surface area (Å²) in [5.41, 5.74) is 3.74. The molecule has 0 radical (unpaired) electrons. The molecule has 0 amide bonds. The van der Waals surface area contributed by atoms with Gasteiger partial charge in [-0.2, -0.15) is 0 Å². The third kappa shape index (κ3) is 4.70. The monoisotopic (exact) mass is 472 g/mol. The molecular weight excluding hydrogens is 448 g/mol. The van der Waals surface area contributed by atoms with Gasteiger partial charge in [0.05, 0.1) is 22.7 Å². The molecule has 0 aromatic heterocycles. The molecule has 3 aromatic rings. The first-order valence-electron chi connectivity index (χ1n) is 10.7. The summed E-state index contributed by atoms with van der Waals surface area (Å²) >= 11 is 0. The summed E-state index contributed by atoms with van der Waals surface area (Å²) in [4.78, 5) is 17.1. The Morgan fingerprint density at radius 1 is 0.941 bits per heavy atom. The lowest BCUT2D eigenvalue weighted by molar-refractivity contribution is -0.129. The van der Waals surface area contributed by atoms with Gasteiger partial charge in [-0.25, -0.2) is 18.2 Å². The Labute approximate surface area is 199 Å². The van der Waals surface area contributed by atoms with Crippen molar-refractivity contribution in [2.75, 3.05) is 10.8 Å². The predicted octanol–water partition coefficient (Wildman–Crippen LogP) is 5.03. The van der Waals surface area contributed by atoms with Crippen molar-refractivity contribution in [3.05, 3.63) is 113 Å². The molecular formula is C27H24N2O4S. The summed E-state index contributed by atoms with van der Waals surface area (Å²) in [7, 11) is -3.91. The molecule has 0 saturated carbocycles. The Morgan fingerprint density at radius 2 is 1.56 bits per heavy atom. The van der Waals surface area contributed by atoms with E-state index >= 15 is 0 Å². The van der Waals surface area contributed by atoms with Crippen LogP contribution in [0.15, 0.2) is 101 Å². The van der Waals surface area contributed by atoms with Gasteiger partial charge in [0.25, 0.3) is 10.0 Å². The second-order valence-electron chi connectivity index (χ2n) is 7.90. The van der Waals surface area contributed by atoms with E-state index in [2.05, 4.69) is 11.6 Å². The van der Waals surface area contributed by atoms with Crippen LogP contribution in [0.1, 0.15) is 22.3 Å². The maximum Gasteiger partial charge on any atom is 0.363 e. The van der Waals surface area contributed by atoms with E-state index in [-0.39, 0.29) is 23.0 Å². The lowest BCUT2D eigenvalue weighted by Gasteiger charge is -2.25. The molecule has 0 saturated heterocycles. The van der Waals surface area contributed by atoms with E-state index in [1.165, 1.54) is 10.4 Å². The quantitative estimate of drug-likeness (QED) is 0.275. The number of benzene rings is 3. The van der Waals surface area contributed by atoms with Crippen molar-refractivity contribution in [1.82, 2.24) is 0 Å². The fourth-order valence-corrected chi connectivity index (χ4v) is 4.95. The van der Waals surface area contributed by atoms with Crippen LogP contribution in [0.25, 0.3) is 6.08 Å². The number of cyclic esters (lactones) is 1. The molecule has 0 spiro atoms. The Kier molecular flexibility index (Phi) is 6.47. The molecule has 7 heteroatoms. The van der Waals surface area contributed by atoms with Gasteiger partial charge in [-0.15, -0.1) is 6.58 Å². The number of rotatable bonds is 7. The van der Waals surface area contributed by atoms with Crippen LogP contribution >= 0.6 is 0 Å². The van der Waals surface area contributed by atoms with Gasteiger partial charge in [0.1, 0.15) is 0 Å². The fourth-order valence-electron chi connectivity index (χ4n) is 3.50. The van der Waals surface area contributed by atoms with Crippen molar-refractivity contribution < 1.29 is 17.9 Å². The van der Waals surface area contributed by atoms with E-state index in [1.54, 1.807) is 54.6 Å². The normalized spacial score (nSPS) is 14.6. The molecule has 0 bridgehead atoms. The van der Waals surface area contributed by atoms with Crippen molar-refractivity contribution in [2.24, 2.45) is 4.99 Å². The summed E-state index contributed by atoms with van der Waals surface area (Å²) in [6, 6.07) is 21.1. The van der Waals surface area contributed by atoms with Crippen molar-refractivity contribution in [3.63, 3.8) is 0 Å². The van der Waals surface area contributed by atoms with Gasteiger partial charge in [-0.3, -0.25) is 4.31 Å². The molecule has 172 valence electrons. The van der Waals surface area contributed by atoms with Crippen molar-refractivity contribution >= 4 is 33.7 Å². The molecule has 4 rings (SSSR count).